The van der Waals surface area contributed by atoms with E-state index in [4.69, 9.17) is 5.11 Å². The Hall–Kier alpha value is -1.80. The molecule has 0 aromatic heterocycles. The SMILES string of the molecule is CCCC(C)N1CC=C[C@]23S[C@@H]4C=CCN(C)C(=O)[C@@H]4[C@H]2C(=O)N(CCCCCCO)C3C1=O. The Kier molecular flexibility index (Phi) is 7.77. The number of aliphatic hydroxyl groups is 1. The van der Waals surface area contributed by atoms with E-state index in [0.717, 1.165) is 38.5 Å². The van der Waals surface area contributed by atoms with E-state index < -0.39 is 22.6 Å². The second-order valence-corrected chi connectivity index (χ2v) is 11.7. The van der Waals surface area contributed by atoms with E-state index in [1.54, 1.807) is 28.6 Å². The molecule has 34 heavy (non-hydrogen) atoms. The van der Waals surface area contributed by atoms with Crippen LogP contribution in [-0.2, 0) is 14.4 Å². The molecule has 4 rings (SSSR count). The van der Waals surface area contributed by atoms with Crippen molar-refractivity contribution in [2.45, 2.75) is 74.5 Å². The smallest absolute Gasteiger partial charge is 0.247 e. The number of likely N-dealkylation sites (N-methyl/N-ethyl adjacent to an activating group) is 1. The highest BCUT2D eigenvalue weighted by atomic mass is 32.2. The predicted octanol–water partition coefficient (Wildman–Crippen LogP) is 2.45. The van der Waals surface area contributed by atoms with E-state index in [2.05, 4.69) is 32.1 Å². The monoisotopic (exact) mass is 489 g/mol. The molecule has 0 aromatic rings. The van der Waals surface area contributed by atoms with Crippen molar-refractivity contribution in [2.24, 2.45) is 11.8 Å². The molecule has 0 radical (unpaired) electrons. The highest BCUT2D eigenvalue weighted by Crippen LogP contribution is 2.61. The molecule has 0 bridgehead atoms. The van der Waals surface area contributed by atoms with E-state index in [1.165, 1.54) is 0 Å². The van der Waals surface area contributed by atoms with Gasteiger partial charge in [-0.15, -0.1) is 11.8 Å². The number of carbonyl (C=O) groups excluding carboxylic acids is 3. The number of thioether (sulfide) groups is 1. The first kappa shape index (κ1) is 25.3. The molecule has 0 aliphatic carbocycles. The third-order valence-electron chi connectivity index (χ3n) is 7.94. The molecular weight excluding hydrogens is 450 g/mol. The molecule has 7 nitrogen and oxygen atoms in total. The third kappa shape index (κ3) is 4.21. The lowest BCUT2D eigenvalue weighted by molar-refractivity contribution is -0.144. The first-order chi connectivity index (χ1) is 16.4. The van der Waals surface area contributed by atoms with Gasteiger partial charge in [-0.05, 0) is 26.2 Å². The van der Waals surface area contributed by atoms with Crippen LogP contribution < -0.4 is 0 Å². The molecule has 2 saturated heterocycles. The molecule has 188 valence electrons. The molecule has 4 heterocycles. The summed E-state index contributed by atoms with van der Waals surface area (Å²) in [6.45, 7) is 6.00. The Balaban J connectivity index is 1.71. The minimum absolute atomic E-state index is 0.00238. The number of amides is 3. The second kappa shape index (κ2) is 10.4. The molecule has 8 heteroatoms. The van der Waals surface area contributed by atoms with Gasteiger partial charge in [0.2, 0.25) is 17.7 Å². The molecule has 2 unspecified atom stereocenters. The minimum Gasteiger partial charge on any atom is -0.396 e. The van der Waals surface area contributed by atoms with E-state index >= 15 is 0 Å². The van der Waals surface area contributed by atoms with Gasteiger partial charge in [-0.3, -0.25) is 14.4 Å². The van der Waals surface area contributed by atoms with Crippen molar-refractivity contribution in [1.82, 2.24) is 14.7 Å². The first-order valence-corrected chi connectivity index (χ1v) is 13.7. The summed E-state index contributed by atoms with van der Waals surface area (Å²) >= 11 is 1.65. The van der Waals surface area contributed by atoms with Gasteiger partial charge in [-0.25, -0.2) is 0 Å². The molecule has 1 spiro atoms. The van der Waals surface area contributed by atoms with Gasteiger partial charge in [0, 0.05) is 44.6 Å². The topological polar surface area (TPSA) is 81.2 Å². The zero-order chi connectivity index (χ0) is 24.5. The standard InChI is InChI=1S/C26H39N3O4S/c1-4-11-18(2)28-16-10-13-26-21(20-19(34-26)12-9-14-27(3)23(20)31)24(32)29(22(26)25(28)33)15-7-5-6-8-17-30/h9-10,12-13,18-22,30H,4-8,11,14-17H2,1-3H3/t18?,19-,20+,21+,22?,26+/m1/s1. The van der Waals surface area contributed by atoms with Crippen molar-refractivity contribution in [2.75, 3.05) is 33.3 Å². The van der Waals surface area contributed by atoms with Crippen LogP contribution in [-0.4, -0.2) is 92.9 Å². The maximum Gasteiger partial charge on any atom is 0.247 e. The van der Waals surface area contributed by atoms with Gasteiger partial charge in [0.15, 0.2) is 0 Å². The Morgan fingerprint density at radius 3 is 2.59 bits per heavy atom. The number of nitrogens with zero attached hydrogens (tertiary/aromatic N) is 3. The molecule has 4 aliphatic rings. The summed E-state index contributed by atoms with van der Waals surface area (Å²) < 4.78 is -0.715. The van der Waals surface area contributed by atoms with E-state index in [1.807, 2.05) is 11.0 Å². The minimum atomic E-state index is -0.715. The van der Waals surface area contributed by atoms with Crippen molar-refractivity contribution in [3.63, 3.8) is 0 Å². The summed E-state index contributed by atoms with van der Waals surface area (Å²) in [7, 11) is 1.79. The molecule has 0 saturated carbocycles. The lowest BCUT2D eigenvalue weighted by Crippen LogP contribution is -2.55. The number of rotatable bonds is 9. The lowest BCUT2D eigenvalue weighted by atomic mass is 9.78. The van der Waals surface area contributed by atoms with Crippen LogP contribution in [0.15, 0.2) is 24.3 Å². The summed E-state index contributed by atoms with van der Waals surface area (Å²) in [5, 5.41) is 8.99. The Morgan fingerprint density at radius 1 is 1.09 bits per heavy atom. The summed E-state index contributed by atoms with van der Waals surface area (Å²) in [4.78, 5) is 47.0. The maximum atomic E-state index is 14.1. The van der Waals surface area contributed by atoms with Crippen molar-refractivity contribution >= 4 is 29.5 Å². The van der Waals surface area contributed by atoms with Crippen LogP contribution in [0, 0.1) is 11.8 Å². The number of hydrogen-bond acceptors (Lipinski definition) is 5. The van der Waals surface area contributed by atoms with Crippen LogP contribution in [0.2, 0.25) is 0 Å². The van der Waals surface area contributed by atoms with Gasteiger partial charge in [-0.1, -0.05) is 50.5 Å². The number of aliphatic hydroxyl groups excluding tert-OH is 1. The van der Waals surface area contributed by atoms with E-state index in [0.29, 0.717) is 19.6 Å². The van der Waals surface area contributed by atoms with Crippen LogP contribution >= 0.6 is 11.8 Å². The van der Waals surface area contributed by atoms with Gasteiger partial charge in [0.1, 0.15) is 6.04 Å². The van der Waals surface area contributed by atoms with Crippen LogP contribution in [0.25, 0.3) is 0 Å². The normalized spacial score (nSPS) is 33.6. The molecule has 6 atom stereocenters. The number of hydrogen-bond donors (Lipinski definition) is 1. The fourth-order valence-electron chi connectivity index (χ4n) is 6.24. The van der Waals surface area contributed by atoms with Crippen molar-refractivity contribution in [1.29, 1.82) is 0 Å². The van der Waals surface area contributed by atoms with Crippen molar-refractivity contribution < 1.29 is 19.5 Å². The van der Waals surface area contributed by atoms with Gasteiger partial charge >= 0.3 is 0 Å². The van der Waals surface area contributed by atoms with Crippen LogP contribution in [0.4, 0.5) is 0 Å². The van der Waals surface area contributed by atoms with Crippen molar-refractivity contribution in [3.05, 3.63) is 24.3 Å². The van der Waals surface area contributed by atoms with Gasteiger partial charge in [0.25, 0.3) is 0 Å². The number of unbranched alkanes of at least 4 members (excludes halogenated alkanes) is 3. The molecule has 0 aromatic carbocycles. The van der Waals surface area contributed by atoms with Crippen LogP contribution in [0.5, 0.6) is 0 Å². The van der Waals surface area contributed by atoms with E-state index in [9.17, 15) is 14.4 Å². The lowest BCUT2D eigenvalue weighted by Gasteiger charge is -2.37. The first-order valence-electron chi connectivity index (χ1n) is 12.9. The summed E-state index contributed by atoms with van der Waals surface area (Å²) in [6.07, 6.45) is 13.5. The van der Waals surface area contributed by atoms with Gasteiger partial charge in [0.05, 0.1) is 16.6 Å². The van der Waals surface area contributed by atoms with Crippen molar-refractivity contribution in [3.8, 4) is 0 Å². The third-order valence-corrected chi connectivity index (χ3v) is 9.68. The van der Waals surface area contributed by atoms with Gasteiger partial charge in [-0.2, -0.15) is 0 Å². The fourth-order valence-corrected chi connectivity index (χ4v) is 8.25. The molecule has 4 aliphatic heterocycles. The van der Waals surface area contributed by atoms with Crippen LogP contribution in [0.3, 0.4) is 0 Å². The quantitative estimate of drug-likeness (QED) is 0.398. The Morgan fingerprint density at radius 2 is 1.85 bits per heavy atom. The number of carbonyl (C=O) groups is 3. The van der Waals surface area contributed by atoms with E-state index in [-0.39, 0.29) is 35.6 Å². The second-order valence-electron chi connectivity index (χ2n) is 10.2. The average Bonchev–Trinajstić information content (AvgIpc) is 3.12. The highest BCUT2D eigenvalue weighted by Gasteiger charge is 2.70. The zero-order valence-corrected chi connectivity index (χ0v) is 21.5. The summed E-state index contributed by atoms with van der Waals surface area (Å²) in [5.41, 5.74) is 0. The zero-order valence-electron chi connectivity index (χ0n) is 20.7. The number of fused-ring (bicyclic) bond motifs is 2. The number of likely N-dealkylation sites (tertiary alicyclic amines) is 1. The molecule has 1 N–H and O–H groups in total. The maximum absolute atomic E-state index is 14.1. The molecule has 3 amide bonds. The highest BCUT2D eigenvalue weighted by molar-refractivity contribution is 8.02. The average molecular weight is 490 g/mol. The summed E-state index contributed by atoms with van der Waals surface area (Å²) in [5.74, 6) is -0.995. The Labute approximate surface area is 207 Å². The molecular formula is C26H39N3O4S. The van der Waals surface area contributed by atoms with Gasteiger partial charge < -0.3 is 19.8 Å². The predicted molar refractivity (Wildman–Crippen MR) is 134 cm³/mol. The summed E-state index contributed by atoms with van der Waals surface area (Å²) in [6, 6.07) is -0.480. The molecule has 2 fully saturated rings. The largest absolute Gasteiger partial charge is 0.396 e. The van der Waals surface area contributed by atoms with Crippen LogP contribution in [0.1, 0.15) is 52.4 Å². The fraction of sp³-hybridized carbons (Fsp3) is 0.731. The Bertz CT molecular complexity index is 861.